The van der Waals surface area contributed by atoms with Gasteiger partial charge in [-0.15, -0.1) is 0 Å². The van der Waals surface area contributed by atoms with E-state index in [0.717, 1.165) is 0 Å². The van der Waals surface area contributed by atoms with Gasteiger partial charge >= 0.3 is 0 Å². The minimum atomic E-state index is -3.87. The minimum Gasteiger partial charge on any atom is -0.347 e. The van der Waals surface area contributed by atoms with Gasteiger partial charge in [0.1, 0.15) is 5.82 Å². The van der Waals surface area contributed by atoms with Crippen LogP contribution in [-0.2, 0) is 16.6 Å². The molecule has 0 saturated heterocycles. The van der Waals surface area contributed by atoms with Gasteiger partial charge in [-0.1, -0.05) is 24.3 Å². The number of halogens is 1. The van der Waals surface area contributed by atoms with Gasteiger partial charge in [0.2, 0.25) is 10.0 Å². The zero-order valence-corrected chi connectivity index (χ0v) is 15.2. The molecule has 5 nitrogen and oxygen atoms in total. The molecule has 7 heteroatoms. The Balaban J connectivity index is 2.18. The SMILES string of the molecule is CC(C)(C)NC(=O)c1cccc(S(=O)(=O)NCc2ccccc2F)c1. The molecule has 0 unspecified atom stereocenters. The molecule has 0 saturated carbocycles. The quantitative estimate of drug-likeness (QED) is 0.857. The third-order valence-electron chi connectivity index (χ3n) is 3.31. The molecule has 0 aliphatic rings. The summed E-state index contributed by atoms with van der Waals surface area (Å²) < 4.78 is 40.8. The average molecular weight is 364 g/mol. The van der Waals surface area contributed by atoms with Crippen molar-refractivity contribution in [2.24, 2.45) is 0 Å². The molecule has 0 atom stereocenters. The van der Waals surface area contributed by atoms with Gasteiger partial charge in [0, 0.05) is 23.2 Å². The molecule has 134 valence electrons. The van der Waals surface area contributed by atoms with Gasteiger partial charge in [0.25, 0.3) is 5.91 Å². The van der Waals surface area contributed by atoms with Crippen LogP contribution in [0.2, 0.25) is 0 Å². The fourth-order valence-corrected chi connectivity index (χ4v) is 3.17. The third-order valence-corrected chi connectivity index (χ3v) is 4.70. The van der Waals surface area contributed by atoms with Crippen molar-refractivity contribution in [2.45, 2.75) is 37.8 Å². The molecule has 0 bridgehead atoms. The second-order valence-corrected chi connectivity index (χ2v) is 8.41. The number of benzene rings is 2. The highest BCUT2D eigenvalue weighted by atomic mass is 32.2. The van der Waals surface area contributed by atoms with Crippen LogP contribution in [0.5, 0.6) is 0 Å². The van der Waals surface area contributed by atoms with Crippen molar-refractivity contribution in [2.75, 3.05) is 0 Å². The summed E-state index contributed by atoms with van der Waals surface area (Å²) in [5, 5.41) is 2.78. The molecule has 2 rings (SSSR count). The number of sulfonamides is 1. The summed E-state index contributed by atoms with van der Waals surface area (Å²) in [6, 6.07) is 11.6. The summed E-state index contributed by atoms with van der Waals surface area (Å²) >= 11 is 0. The first-order valence-electron chi connectivity index (χ1n) is 7.74. The largest absolute Gasteiger partial charge is 0.347 e. The van der Waals surface area contributed by atoms with Gasteiger partial charge in [-0.2, -0.15) is 0 Å². The van der Waals surface area contributed by atoms with Crippen LogP contribution in [0.25, 0.3) is 0 Å². The lowest BCUT2D eigenvalue weighted by Gasteiger charge is -2.20. The van der Waals surface area contributed by atoms with E-state index in [0.29, 0.717) is 0 Å². The Morgan fingerprint density at radius 3 is 2.40 bits per heavy atom. The molecular weight excluding hydrogens is 343 g/mol. The fraction of sp³-hybridized carbons (Fsp3) is 0.278. The zero-order valence-electron chi connectivity index (χ0n) is 14.3. The Morgan fingerprint density at radius 2 is 1.76 bits per heavy atom. The standard InChI is InChI=1S/C18H21FN2O3S/c1-18(2,3)21-17(22)13-8-6-9-15(11-13)25(23,24)20-12-14-7-4-5-10-16(14)19/h4-11,20H,12H2,1-3H3,(H,21,22). The van der Waals surface area contributed by atoms with E-state index in [1.165, 1.54) is 42.5 Å². The zero-order chi connectivity index (χ0) is 18.7. The number of amides is 1. The molecule has 2 aromatic carbocycles. The predicted molar refractivity (Wildman–Crippen MR) is 94.1 cm³/mol. The van der Waals surface area contributed by atoms with Crippen LogP contribution >= 0.6 is 0 Å². The monoisotopic (exact) mass is 364 g/mol. The van der Waals surface area contributed by atoms with Gasteiger partial charge in [-0.3, -0.25) is 4.79 Å². The molecule has 2 aromatic rings. The Labute approximate surface area is 147 Å². The van der Waals surface area contributed by atoms with Crippen LogP contribution in [0.3, 0.4) is 0 Å². The number of carbonyl (C=O) groups excluding carboxylic acids is 1. The highest BCUT2D eigenvalue weighted by Crippen LogP contribution is 2.14. The molecule has 0 spiro atoms. The number of nitrogens with one attached hydrogen (secondary N) is 2. The number of carbonyl (C=O) groups is 1. The maximum atomic E-state index is 13.6. The van der Waals surface area contributed by atoms with Gasteiger partial charge in [-0.05, 0) is 45.0 Å². The molecule has 1 amide bonds. The molecule has 25 heavy (non-hydrogen) atoms. The van der Waals surface area contributed by atoms with Gasteiger partial charge in [-0.25, -0.2) is 17.5 Å². The van der Waals surface area contributed by atoms with E-state index in [1.54, 1.807) is 6.07 Å². The van der Waals surface area contributed by atoms with Crippen LogP contribution in [0.1, 0.15) is 36.7 Å². The summed E-state index contributed by atoms with van der Waals surface area (Å²) in [5.74, 6) is -0.845. The van der Waals surface area contributed by atoms with Crippen molar-refractivity contribution >= 4 is 15.9 Å². The van der Waals surface area contributed by atoms with Crippen molar-refractivity contribution in [3.8, 4) is 0 Å². The lowest BCUT2D eigenvalue weighted by atomic mass is 10.1. The number of hydrogen-bond donors (Lipinski definition) is 2. The van der Waals surface area contributed by atoms with Crippen molar-refractivity contribution in [3.63, 3.8) is 0 Å². The normalized spacial score (nSPS) is 12.0. The van der Waals surface area contributed by atoms with E-state index in [2.05, 4.69) is 10.0 Å². The fourth-order valence-electron chi connectivity index (χ4n) is 2.12. The Morgan fingerprint density at radius 1 is 1.08 bits per heavy atom. The van der Waals surface area contributed by atoms with Crippen molar-refractivity contribution in [1.29, 1.82) is 0 Å². The summed E-state index contributed by atoms with van der Waals surface area (Å²) in [5.41, 5.74) is 0.0473. The van der Waals surface area contributed by atoms with Crippen LogP contribution in [0.4, 0.5) is 4.39 Å². The van der Waals surface area contributed by atoms with Crippen molar-refractivity contribution in [3.05, 3.63) is 65.5 Å². The van der Waals surface area contributed by atoms with Crippen molar-refractivity contribution < 1.29 is 17.6 Å². The van der Waals surface area contributed by atoms with Crippen molar-refractivity contribution in [1.82, 2.24) is 10.0 Å². The second-order valence-electron chi connectivity index (χ2n) is 6.65. The van der Waals surface area contributed by atoms with E-state index in [4.69, 9.17) is 0 Å². The summed E-state index contributed by atoms with van der Waals surface area (Å²) in [4.78, 5) is 12.1. The Hall–Kier alpha value is -2.25. The lowest BCUT2D eigenvalue weighted by molar-refractivity contribution is 0.0919. The molecule has 2 N–H and O–H groups in total. The van der Waals surface area contributed by atoms with Crippen LogP contribution in [0.15, 0.2) is 53.4 Å². The van der Waals surface area contributed by atoms with Gasteiger partial charge in [0.15, 0.2) is 0 Å². The number of hydrogen-bond acceptors (Lipinski definition) is 3. The van der Waals surface area contributed by atoms with E-state index in [9.17, 15) is 17.6 Å². The average Bonchev–Trinajstić information content (AvgIpc) is 2.53. The predicted octanol–water partition coefficient (Wildman–Crippen LogP) is 2.83. The summed E-state index contributed by atoms with van der Waals surface area (Å²) in [6.07, 6.45) is 0. The van der Waals surface area contributed by atoms with Crippen LogP contribution < -0.4 is 10.0 Å². The van der Waals surface area contributed by atoms with E-state index in [-0.39, 0.29) is 28.5 Å². The number of rotatable bonds is 5. The lowest BCUT2D eigenvalue weighted by Crippen LogP contribution is -2.40. The molecular formula is C18H21FN2O3S. The summed E-state index contributed by atoms with van der Waals surface area (Å²) in [7, 11) is -3.87. The van der Waals surface area contributed by atoms with E-state index < -0.39 is 21.4 Å². The molecule has 0 radical (unpaired) electrons. The maximum absolute atomic E-state index is 13.6. The first-order chi connectivity index (χ1) is 11.6. The Bertz CT molecular complexity index is 874. The van der Waals surface area contributed by atoms with E-state index in [1.807, 2.05) is 20.8 Å². The van der Waals surface area contributed by atoms with E-state index >= 15 is 0 Å². The molecule has 0 aliphatic heterocycles. The molecule has 0 fully saturated rings. The molecule has 0 aromatic heterocycles. The first kappa shape index (κ1) is 19.1. The van der Waals surface area contributed by atoms with Gasteiger partial charge in [0.05, 0.1) is 4.90 Å². The third kappa shape index (κ3) is 5.37. The van der Waals surface area contributed by atoms with Crippen LogP contribution in [0, 0.1) is 5.82 Å². The maximum Gasteiger partial charge on any atom is 0.251 e. The molecule has 0 aliphatic carbocycles. The van der Waals surface area contributed by atoms with Crippen LogP contribution in [-0.4, -0.2) is 19.9 Å². The highest BCUT2D eigenvalue weighted by Gasteiger charge is 2.19. The second kappa shape index (κ2) is 7.33. The molecule has 0 heterocycles. The summed E-state index contributed by atoms with van der Waals surface area (Å²) in [6.45, 7) is 5.33. The highest BCUT2D eigenvalue weighted by molar-refractivity contribution is 7.89. The Kier molecular flexibility index (Phi) is 5.59. The minimum absolute atomic E-state index is 0.0506. The van der Waals surface area contributed by atoms with Gasteiger partial charge < -0.3 is 5.32 Å². The smallest absolute Gasteiger partial charge is 0.251 e. The first-order valence-corrected chi connectivity index (χ1v) is 9.22. The topological polar surface area (TPSA) is 75.3 Å².